The first-order valence-corrected chi connectivity index (χ1v) is 6.96. The highest BCUT2D eigenvalue weighted by molar-refractivity contribution is 5.78. The molecule has 1 fully saturated rings. The van der Waals surface area contributed by atoms with Crippen LogP contribution < -0.4 is 5.32 Å². The summed E-state index contributed by atoms with van der Waals surface area (Å²) in [6, 6.07) is 4.66. The van der Waals surface area contributed by atoms with E-state index in [1.165, 1.54) is 19.3 Å². The number of pyridine rings is 1. The van der Waals surface area contributed by atoms with Gasteiger partial charge in [0.2, 0.25) is 0 Å². The molecule has 0 amide bonds. The minimum atomic E-state index is 0.564. The van der Waals surface area contributed by atoms with Crippen molar-refractivity contribution in [1.29, 1.82) is 0 Å². The van der Waals surface area contributed by atoms with Crippen LogP contribution in [0.15, 0.2) is 30.7 Å². The summed E-state index contributed by atoms with van der Waals surface area (Å²) in [7, 11) is 0. The Kier molecular flexibility index (Phi) is 2.65. The fourth-order valence-electron chi connectivity index (χ4n) is 2.45. The van der Waals surface area contributed by atoms with Crippen molar-refractivity contribution in [2.45, 2.75) is 31.8 Å². The van der Waals surface area contributed by atoms with E-state index in [0.29, 0.717) is 12.6 Å². The van der Waals surface area contributed by atoms with Crippen molar-refractivity contribution in [3.05, 3.63) is 36.4 Å². The molecule has 6 nitrogen and oxygen atoms in total. The second kappa shape index (κ2) is 4.63. The molecule has 0 saturated heterocycles. The molecule has 1 aliphatic carbocycles. The quantitative estimate of drug-likeness (QED) is 0.762. The number of nitrogens with zero attached hydrogens (tertiary/aromatic N) is 4. The number of nitrogens with one attached hydrogen (secondary N) is 2. The molecule has 0 radical (unpaired) electrons. The van der Waals surface area contributed by atoms with Crippen molar-refractivity contribution in [3.8, 4) is 0 Å². The van der Waals surface area contributed by atoms with E-state index < -0.39 is 0 Å². The first-order chi connectivity index (χ1) is 9.88. The van der Waals surface area contributed by atoms with Crippen LogP contribution in [0, 0.1) is 0 Å². The molecular formula is C14H16N6. The lowest BCUT2D eigenvalue weighted by atomic mass is 9.93. The zero-order chi connectivity index (χ0) is 13.4. The van der Waals surface area contributed by atoms with Crippen molar-refractivity contribution in [2.24, 2.45) is 0 Å². The van der Waals surface area contributed by atoms with E-state index in [9.17, 15) is 0 Å². The summed E-state index contributed by atoms with van der Waals surface area (Å²) in [5.41, 5.74) is 2.87. The normalized spacial score (nSPS) is 15.4. The van der Waals surface area contributed by atoms with Gasteiger partial charge in [0.25, 0.3) is 0 Å². The summed E-state index contributed by atoms with van der Waals surface area (Å²) < 4.78 is 1.99. The van der Waals surface area contributed by atoms with Crippen LogP contribution in [-0.2, 0) is 6.54 Å². The third kappa shape index (κ3) is 2.03. The van der Waals surface area contributed by atoms with Crippen molar-refractivity contribution >= 4 is 16.7 Å². The minimum Gasteiger partial charge on any atom is -0.378 e. The highest BCUT2D eigenvalue weighted by Crippen LogP contribution is 2.30. The van der Waals surface area contributed by atoms with Crippen LogP contribution in [0.4, 0.5) is 5.69 Å². The van der Waals surface area contributed by atoms with E-state index >= 15 is 0 Å². The summed E-state index contributed by atoms with van der Waals surface area (Å²) in [5.74, 6) is 0. The molecule has 102 valence electrons. The third-order valence-corrected chi connectivity index (χ3v) is 3.88. The summed E-state index contributed by atoms with van der Waals surface area (Å²) in [6.45, 7) is 0.671. The molecule has 0 atom stereocenters. The Morgan fingerprint density at radius 3 is 3.20 bits per heavy atom. The van der Waals surface area contributed by atoms with Crippen LogP contribution in [0.1, 0.15) is 31.0 Å². The van der Waals surface area contributed by atoms with E-state index in [-0.39, 0.29) is 0 Å². The number of hydrogen-bond acceptors (Lipinski definition) is 4. The fourth-order valence-corrected chi connectivity index (χ4v) is 2.45. The monoisotopic (exact) mass is 268 g/mol. The predicted octanol–water partition coefficient (Wildman–Crippen LogP) is 2.49. The van der Waals surface area contributed by atoms with Crippen LogP contribution >= 0.6 is 0 Å². The van der Waals surface area contributed by atoms with Gasteiger partial charge in [-0.1, -0.05) is 5.21 Å². The van der Waals surface area contributed by atoms with Crippen LogP contribution in [0.25, 0.3) is 11.0 Å². The molecule has 3 aromatic rings. The second-order valence-electron chi connectivity index (χ2n) is 5.27. The number of fused-ring (bicyclic) bond motifs is 1. The molecule has 4 rings (SSSR count). The van der Waals surface area contributed by atoms with Gasteiger partial charge in [-0.2, -0.15) is 0 Å². The minimum absolute atomic E-state index is 0.564. The van der Waals surface area contributed by atoms with Crippen LogP contribution in [0.3, 0.4) is 0 Å². The summed E-state index contributed by atoms with van der Waals surface area (Å²) >= 11 is 0. The lowest BCUT2D eigenvalue weighted by Gasteiger charge is -2.24. The number of anilines is 1. The maximum absolute atomic E-state index is 4.35. The summed E-state index contributed by atoms with van der Waals surface area (Å²) in [6.07, 6.45) is 9.52. The Hall–Kier alpha value is -2.37. The van der Waals surface area contributed by atoms with Crippen molar-refractivity contribution in [3.63, 3.8) is 0 Å². The maximum atomic E-state index is 4.35. The molecule has 0 aromatic carbocycles. The first-order valence-electron chi connectivity index (χ1n) is 6.96. The maximum Gasteiger partial charge on any atom is 0.137 e. The SMILES string of the molecule is c1cc2cc(NCc3cn(C4CCC4)nn3)cnc2[nH]1. The molecule has 3 heterocycles. The first kappa shape index (κ1) is 11.5. The Morgan fingerprint density at radius 1 is 1.40 bits per heavy atom. The van der Waals surface area contributed by atoms with Gasteiger partial charge in [-0.05, 0) is 31.4 Å². The molecule has 3 aromatic heterocycles. The third-order valence-electron chi connectivity index (χ3n) is 3.88. The molecule has 0 aliphatic heterocycles. The van der Waals surface area contributed by atoms with Gasteiger partial charge in [0.05, 0.1) is 30.7 Å². The highest BCUT2D eigenvalue weighted by atomic mass is 15.4. The van der Waals surface area contributed by atoms with Crippen molar-refractivity contribution in [2.75, 3.05) is 5.32 Å². The van der Waals surface area contributed by atoms with E-state index in [4.69, 9.17) is 0 Å². The van der Waals surface area contributed by atoms with Gasteiger partial charge in [0.15, 0.2) is 0 Å². The van der Waals surface area contributed by atoms with Gasteiger partial charge in [-0.15, -0.1) is 5.10 Å². The van der Waals surface area contributed by atoms with Crippen LogP contribution in [-0.4, -0.2) is 25.0 Å². The van der Waals surface area contributed by atoms with Crippen LogP contribution in [0.2, 0.25) is 0 Å². The molecule has 20 heavy (non-hydrogen) atoms. The van der Waals surface area contributed by atoms with Gasteiger partial charge in [-0.25, -0.2) is 9.67 Å². The predicted molar refractivity (Wildman–Crippen MR) is 76.3 cm³/mol. The Morgan fingerprint density at radius 2 is 2.35 bits per heavy atom. The number of rotatable bonds is 4. The van der Waals surface area contributed by atoms with Gasteiger partial charge >= 0.3 is 0 Å². The zero-order valence-corrected chi connectivity index (χ0v) is 11.1. The number of aromatic amines is 1. The molecule has 0 spiro atoms. The fraction of sp³-hybridized carbons (Fsp3) is 0.357. The average molecular weight is 268 g/mol. The van der Waals surface area contributed by atoms with Gasteiger partial charge < -0.3 is 10.3 Å². The van der Waals surface area contributed by atoms with E-state index in [0.717, 1.165) is 22.4 Å². The van der Waals surface area contributed by atoms with E-state index in [1.807, 2.05) is 29.3 Å². The Balaban J connectivity index is 1.44. The van der Waals surface area contributed by atoms with E-state index in [2.05, 4.69) is 31.7 Å². The number of H-pyrrole nitrogens is 1. The molecule has 6 heteroatoms. The standard InChI is InChI=1S/C14H16N6/c1-2-13(3-1)20-9-12(18-19-20)8-16-11-6-10-4-5-15-14(10)17-7-11/h4-7,9,13,16H,1-3,8H2,(H,15,17). The van der Waals surface area contributed by atoms with Gasteiger partial charge in [-0.3, -0.25) is 0 Å². The average Bonchev–Trinajstić information content (AvgIpc) is 3.02. The molecule has 2 N–H and O–H groups in total. The second-order valence-corrected chi connectivity index (χ2v) is 5.27. The zero-order valence-electron chi connectivity index (χ0n) is 11.1. The molecule has 0 bridgehead atoms. The van der Waals surface area contributed by atoms with Crippen LogP contribution in [0.5, 0.6) is 0 Å². The Bertz CT molecular complexity index is 724. The van der Waals surface area contributed by atoms with Gasteiger partial charge in [0, 0.05) is 11.6 Å². The molecule has 1 saturated carbocycles. The topological polar surface area (TPSA) is 71.4 Å². The van der Waals surface area contributed by atoms with Gasteiger partial charge in [0.1, 0.15) is 11.3 Å². The smallest absolute Gasteiger partial charge is 0.137 e. The lowest BCUT2D eigenvalue weighted by Crippen LogP contribution is -2.17. The van der Waals surface area contributed by atoms with Crippen molar-refractivity contribution < 1.29 is 0 Å². The molecule has 1 aliphatic rings. The van der Waals surface area contributed by atoms with Crippen molar-refractivity contribution in [1.82, 2.24) is 25.0 Å². The van der Waals surface area contributed by atoms with E-state index in [1.54, 1.807) is 0 Å². The summed E-state index contributed by atoms with van der Waals surface area (Å²) in [4.78, 5) is 7.43. The largest absolute Gasteiger partial charge is 0.378 e. The Labute approximate surface area is 116 Å². The summed E-state index contributed by atoms with van der Waals surface area (Å²) in [5, 5.41) is 12.9. The molecule has 0 unspecified atom stereocenters. The highest BCUT2D eigenvalue weighted by Gasteiger charge is 2.20. The number of aromatic nitrogens is 5. The molecular weight excluding hydrogens is 252 g/mol. The number of hydrogen-bond donors (Lipinski definition) is 2. The lowest BCUT2D eigenvalue weighted by molar-refractivity contribution is 0.284.